The molecule has 0 aromatic heterocycles. The number of carbonyl (C=O) groups is 1. The van der Waals surface area contributed by atoms with Crippen molar-refractivity contribution in [3.8, 4) is 5.75 Å². The first-order valence-corrected chi connectivity index (χ1v) is 8.89. The number of benzene rings is 2. The van der Waals surface area contributed by atoms with E-state index in [2.05, 4.69) is 9.46 Å². The van der Waals surface area contributed by atoms with Crippen molar-refractivity contribution in [1.82, 2.24) is 0 Å². The lowest BCUT2D eigenvalue weighted by Gasteiger charge is -2.13. The van der Waals surface area contributed by atoms with Crippen molar-refractivity contribution in [3.63, 3.8) is 0 Å². The van der Waals surface area contributed by atoms with Gasteiger partial charge in [-0.25, -0.2) is 13.2 Å². The summed E-state index contributed by atoms with van der Waals surface area (Å²) in [6.07, 6.45) is 0.816. The van der Waals surface area contributed by atoms with Gasteiger partial charge in [-0.3, -0.25) is 4.72 Å². The van der Waals surface area contributed by atoms with Crippen LogP contribution in [0.25, 0.3) is 0 Å². The number of sulfonamides is 1. The minimum atomic E-state index is -3.79. The van der Waals surface area contributed by atoms with Gasteiger partial charge in [-0.05, 0) is 42.8 Å². The third-order valence-corrected chi connectivity index (χ3v) is 4.56. The molecule has 2 aromatic carbocycles. The summed E-state index contributed by atoms with van der Waals surface area (Å²) in [5, 5.41) is 0. The lowest BCUT2D eigenvalue weighted by atomic mass is 10.2. The van der Waals surface area contributed by atoms with E-state index in [1.807, 2.05) is 6.92 Å². The summed E-state index contributed by atoms with van der Waals surface area (Å²) in [5.74, 6) is -0.0562. The van der Waals surface area contributed by atoms with Crippen LogP contribution in [0.1, 0.15) is 23.7 Å². The zero-order valence-corrected chi connectivity index (χ0v) is 14.3. The fourth-order valence-corrected chi connectivity index (χ4v) is 3.05. The van der Waals surface area contributed by atoms with Gasteiger partial charge in [0.25, 0.3) is 10.0 Å². The Morgan fingerprint density at radius 3 is 2.38 bits per heavy atom. The minimum Gasteiger partial charge on any atom is -0.491 e. The van der Waals surface area contributed by atoms with Gasteiger partial charge < -0.3 is 9.47 Å². The zero-order valence-electron chi connectivity index (χ0n) is 13.5. The van der Waals surface area contributed by atoms with E-state index in [0.29, 0.717) is 18.0 Å². The summed E-state index contributed by atoms with van der Waals surface area (Å²) in [4.78, 5) is 11.4. The largest absolute Gasteiger partial charge is 0.491 e. The average molecular weight is 349 g/mol. The van der Waals surface area contributed by atoms with Crippen molar-refractivity contribution in [3.05, 3.63) is 54.1 Å². The quantitative estimate of drug-likeness (QED) is 0.777. The van der Waals surface area contributed by atoms with E-state index in [1.165, 1.54) is 31.4 Å². The highest BCUT2D eigenvalue weighted by Gasteiger charge is 2.17. The fourth-order valence-electron chi connectivity index (χ4n) is 1.98. The highest BCUT2D eigenvalue weighted by atomic mass is 32.2. The van der Waals surface area contributed by atoms with E-state index in [9.17, 15) is 13.2 Å². The maximum atomic E-state index is 12.5. The molecule has 0 radical (unpaired) electrons. The number of esters is 1. The van der Waals surface area contributed by atoms with Crippen molar-refractivity contribution in [2.45, 2.75) is 18.2 Å². The Labute approximate surface area is 141 Å². The lowest BCUT2D eigenvalue weighted by molar-refractivity contribution is 0.0600. The number of carbonyl (C=O) groups excluding carboxylic acids is 1. The van der Waals surface area contributed by atoms with Gasteiger partial charge in [0.1, 0.15) is 5.75 Å². The molecule has 2 aromatic rings. The van der Waals surface area contributed by atoms with Crippen LogP contribution in [0.4, 0.5) is 5.69 Å². The summed E-state index contributed by atoms with van der Waals surface area (Å²) in [7, 11) is -2.53. The molecule has 0 saturated carbocycles. The average Bonchev–Trinajstić information content (AvgIpc) is 2.60. The summed E-state index contributed by atoms with van der Waals surface area (Å²) in [6.45, 7) is 2.46. The lowest BCUT2D eigenvalue weighted by Crippen LogP contribution is -2.14. The molecule has 1 N–H and O–H groups in total. The molecular formula is C17H19NO5S. The number of methoxy groups -OCH3 is 1. The Balaban J connectivity index is 2.24. The molecule has 0 atom stereocenters. The van der Waals surface area contributed by atoms with Crippen molar-refractivity contribution >= 4 is 21.7 Å². The topological polar surface area (TPSA) is 81.7 Å². The van der Waals surface area contributed by atoms with Crippen LogP contribution in [-0.4, -0.2) is 28.1 Å². The maximum Gasteiger partial charge on any atom is 0.337 e. The van der Waals surface area contributed by atoms with Gasteiger partial charge in [0.15, 0.2) is 0 Å². The fraction of sp³-hybridized carbons (Fsp3) is 0.235. The van der Waals surface area contributed by atoms with Crippen LogP contribution in [0.15, 0.2) is 53.4 Å². The Bertz CT molecular complexity index is 800. The van der Waals surface area contributed by atoms with Crippen molar-refractivity contribution < 1.29 is 22.7 Å². The second kappa shape index (κ2) is 7.83. The van der Waals surface area contributed by atoms with Gasteiger partial charge in [0, 0.05) is 0 Å². The SMILES string of the molecule is CCCOc1ccccc1NS(=O)(=O)c1ccc(C(=O)OC)cc1. The predicted octanol–water partition coefficient (Wildman–Crippen LogP) is 3.06. The van der Waals surface area contributed by atoms with E-state index < -0.39 is 16.0 Å². The second-order valence-corrected chi connectivity index (χ2v) is 6.65. The molecular weight excluding hydrogens is 330 g/mol. The molecule has 0 aliphatic carbocycles. The number of hydrogen-bond acceptors (Lipinski definition) is 5. The molecule has 0 unspecified atom stereocenters. The van der Waals surface area contributed by atoms with E-state index >= 15 is 0 Å². The standard InChI is InChI=1S/C17H19NO5S/c1-3-12-23-16-7-5-4-6-15(16)18-24(20,21)14-10-8-13(9-11-14)17(19)22-2/h4-11,18H,3,12H2,1-2H3. The van der Waals surface area contributed by atoms with Crippen LogP contribution in [0.2, 0.25) is 0 Å². The van der Waals surface area contributed by atoms with Gasteiger partial charge in [-0.1, -0.05) is 19.1 Å². The van der Waals surface area contributed by atoms with E-state index in [4.69, 9.17) is 4.74 Å². The van der Waals surface area contributed by atoms with E-state index in [1.54, 1.807) is 24.3 Å². The first kappa shape index (κ1) is 17.8. The molecule has 7 heteroatoms. The molecule has 0 heterocycles. The van der Waals surface area contributed by atoms with Crippen molar-refractivity contribution in [1.29, 1.82) is 0 Å². The maximum absolute atomic E-state index is 12.5. The molecule has 0 saturated heterocycles. The number of rotatable bonds is 7. The molecule has 0 amide bonds. The second-order valence-electron chi connectivity index (χ2n) is 4.97. The summed E-state index contributed by atoms with van der Waals surface area (Å²) >= 11 is 0. The minimum absolute atomic E-state index is 0.0421. The van der Waals surface area contributed by atoms with Crippen molar-refractivity contribution in [2.75, 3.05) is 18.4 Å². The highest BCUT2D eigenvalue weighted by molar-refractivity contribution is 7.92. The van der Waals surface area contributed by atoms with Crippen LogP contribution in [-0.2, 0) is 14.8 Å². The Morgan fingerprint density at radius 2 is 1.75 bits per heavy atom. The normalized spacial score (nSPS) is 10.9. The molecule has 0 bridgehead atoms. The zero-order chi connectivity index (χ0) is 17.6. The van der Waals surface area contributed by atoms with Gasteiger partial charge in [-0.2, -0.15) is 0 Å². The predicted molar refractivity (Wildman–Crippen MR) is 90.8 cm³/mol. The molecule has 0 fully saturated rings. The third-order valence-electron chi connectivity index (χ3n) is 3.18. The van der Waals surface area contributed by atoms with Gasteiger partial charge in [0.2, 0.25) is 0 Å². The van der Waals surface area contributed by atoms with Crippen LogP contribution in [0, 0.1) is 0 Å². The molecule has 0 spiro atoms. The number of anilines is 1. The van der Waals surface area contributed by atoms with Crippen LogP contribution in [0.5, 0.6) is 5.75 Å². The van der Waals surface area contributed by atoms with Crippen LogP contribution < -0.4 is 9.46 Å². The molecule has 0 aliphatic heterocycles. The summed E-state index contributed by atoms with van der Waals surface area (Å²) in [5.41, 5.74) is 0.645. The van der Waals surface area contributed by atoms with E-state index in [0.717, 1.165) is 6.42 Å². The molecule has 24 heavy (non-hydrogen) atoms. The molecule has 2 rings (SSSR count). The van der Waals surface area contributed by atoms with Crippen LogP contribution >= 0.6 is 0 Å². The van der Waals surface area contributed by atoms with E-state index in [-0.39, 0.29) is 10.5 Å². The van der Waals surface area contributed by atoms with Gasteiger partial charge in [-0.15, -0.1) is 0 Å². The number of nitrogens with one attached hydrogen (secondary N) is 1. The number of ether oxygens (including phenoxy) is 2. The first-order valence-electron chi connectivity index (χ1n) is 7.41. The first-order chi connectivity index (χ1) is 11.5. The van der Waals surface area contributed by atoms with Gasteiger partial charge in [0.05, 0.1) is 29.9 Å². The Hall–Kier alpha value is -2.54. The number of hydrogen-bond donors (Lipinski definition) is 1. The Kier molecular flexibility index (Phi) is 5.81. The molecule has 128 valence electrons. The monoisotopic (exact) mass is 349 g/mol. The summed E-state index contributed by atoms with van der Waals surface area (Å²) in [6, 6.07) is 12.3. The molecule has 6 nitrogen and oxygen atoms in total. The Morgan fingerprint density at radius 1 is 1.08 bits per heavy atom. The third kappa shape index (κ3) is 4.26. The van der Waals surface area contributed by atoms with Crippen molar-refractivity contribution in [2.24, 2.45) is 0 Å². The smallest absolute Gasteiger partial charge is 0.337 e. The molecule has 0 aliphatic rings. The highest BCUT2D eigenvalue weighted by Crippen LogP contribution is 2.26. The van der Waals surface area contributed by atoms with Crippen LogP contribution in [0.3, 0.4) is 0 Å². The number of para-hydroxylation sites is 2. The summed E-state index contributed by atoms with van der Waals surface area (Å²) < 4.78 is 37.6. The van der Waals surface area contributed by atoms with Gasteiger partial charge >= 0.3 is 5.97 Å².